The van der Waals surface area contributed by atoms with Crippen LogP contribution in [0.15, 0.2) is 65.8 Å². The molecule has 1 N–H and O–H groups in total. The van der Waals surface area contributed by atoms with Gasteiger partial charge in [-0.05, 0) is 85.1 Å². The minimum absolute atomic E-state index is 0.151. The van der Waals surface area contributed by atoms with Crippen LogP contribution in [0.2, 0.25) is 10.0 Å². The number of aryl methyl sites for hydroxylation is 2. The van der Waals surface area contributed by atoms with Gasteiger partial charge in [0.15, 0.2) is 6.61 Å². The molecule has 0 heterocycles. The first-order valence-electron chi connectivity index (χ1n) is 9.61. The summed E-state index contributed by atoms with van der Waals surface area (Å²) in [5.41, 5.74) is 5.56. The quantitative estimate of drug-likeness (QED) is 0.218. The van der Waals surface area contributed by atoms with E-state index in [0.29, 0.717) is 22.1 Å². The molecule has 32 heavy (non-hydrogen) atoms. The Labute approximate surface area is 195 Å². The molecule has 0 saturated carbocycles. The topological polar surface area (TPSA) is 77.0 Å². The van der Waals surface area contributed by atoms with Crippen LogP contribution < -0.4 is 14.9 Å². The van der Waals surface area contributed by atoms with E-state index in [4.69, 9.17) is 32.7 Å². The molecule has 3 aromatic rings. The van der Waals surface area contributed by atoms with Crippen LogP contribution >= 0.6 is 23.2 Å². The fraction of sp³-hybridized carbons (Fsp3) is 0.125. The van der Waals surface area contributed by atoms with Crippen molar-refractivity contribution in [2.45, 2.75) is 13.8 Å². The van der Waals surface area contributed by atoms with Gasteiger partial charge in [0.25, 0.3) is 5.91 Å². The molecule has 3 rings (SSSR count). The van der Waals surface area contributed by atoms with E-state index in [-0.39, 0.29) is 23.1 Å². The lowest BCUT2D eigenvalue weighted by atomic mass is 10.1. The molecule has 0 saturated heterocycles. The minimum atomic E-state index is -0.593. The van der Waals surface area contributed by atoms with Crippen molar-refractivity contribution in [1.82, 2.24) is 5.43 Å². The zero-order valence-electron chi connectivity index (χ0n) is 17.4. The zero-order chi connectivity index (χ0) is 23.1. The second kappa shape index (κ2) is 10.8. The number of benzene rings is 3. The van der Waals surface area contributed by atoms with Crippen molar-refractivity contribution in [3.63, 3.8) is 0 Å². The van der Waals surface area contributed by atoms with E-state index in [1.54, 1.807) is 30.3 Å². The highest BCUT2D eigenvalue weighted by Crippen LogP contribution is 2.23. The number of esters is 1. The number of nitrogens with zero attached hydrogens (tertiary/aromatic N) is 1. The number of amides is 1. The van der Waals surface area contributed by atoms with E-state index in [2.05, 4.69) is 10.5 Å². The van der Waals surface area contributed by atoms with Gasteiger partial charge in [0, 0.05) is 5.02 Å². The van der Waals surface area contributed by atoms with Gasteiger partial charge in [-0.1, -0.05) is 29.3 Å². The molecule has 0 aliphatic carbocycles. The van der Waals surface area contributed by atoms with Crippen LogP contribution in [-0.4, -0.2) is 24.7 Å². The molecule has 0 unspecified atom stereocenters. The van der Waals surface area contributed by atoms with E-state index in [9.17, 15) is 9.59 Å². The summed E-state index contributed by atoms with van der Waals surface area (Å²) < 4.78 is 10.8. The zero-order valence-corrected chi connectivity index (χ0v) is 18.9. The molecule has 0 aliphatic rings. The van der Waals surface area contributed by atoms with Crippen LogP contribution in [0.1, 0.15) is 27.0 Å². The van der Waals surface area contributed by atoms with E-state index < -0.39 is 5.97 Å². The number of hydrogen-bond acceptors (Lipinski definition) is 5. The van der Waals surface area contributed by atoms with Crippen LogP contribution in [0.4, 0.5) is 0 Å². The van der Waals surface area contributed by atoms with E-state index in [1.807, 2.05) is 32.0 Å². The minimum Gasteiger partial charge on any atom is -0.484 e. The van der Waals surface area contributed by atoms with Gasteiger partial charge < -0.3 is 9.47 Å². The van der Waals surface area contributed by atoms with Crippen LogP contribution in [0, 0.1) is 13.8 Å². The standard InChI is InChI=1S/C24H20Cl2N2O4/c1-15-3-7-20(11-16(15)2)31-14-23(29)28-27-13-17-4-8-19(9-5-17)32-24(30)21-10-6-18(25)12-22(21)26/h3-13H,14H2,1-2H3,(H,28,29). The maximum atomic E-state index is 12.2. The maximum Gasteiger partial charge on any atom is 0.345 e. The number of carbonyl (C=O) groups excluding carboxylic acids is 2. The van der Waals surface area contributed by atoms with Gasteiger partial charge >= 0.3 is 5.97 Å². The molecule has 3 aromatic carbocycles. The van der Waals surface area contributed by atoms with Gasteiger partial charge in [0.1, 0.15) is 11.5 Å². The predicted octanol–water partition coefficient (Wildman–Crippen LogP) is 5.36. The Balaban J connectivity index is 1.48. The van der Waals surface area contributed by atoms with Crippen molar-refractivity contribution in [3.8, 4) is 11.5 Å². The van der Waals surface area contributed by atoms with Crippen molar-refractivity contribution in [1.29, 1.82) is 0 Å². The first-order valence-corrected chi connectivity index (χ1v) is 10.4. The largest absolute Gasteiger partial charge is 0.484 e. The average Bonchev–Trinajstić information content (AvgIpc) is 2.75. The Morgan fingerprint density at radius 2 is 1.66 bits per heavy atom. The predicted molar refractivity (Wildman–Crippen MR) is 125 cm³/mol. The van der Waals surface area contributed by atoms with Crippen LogP contribution in [0.3, 0.4) is 0 Å². The van der Waals surface area contributed by atoms with Crippen molar-refractivity contribution < 1.29 is 19.1 Å². The third kappa shape index (κ3) is 6.57. The number of halogens is 2. The van der Waals surface area contributed by atoms with Gasteiger partial charge in [-0.3, -0.25) is 4.79 Å². The summed E-state index contributed by atoms with van der Waals surface area (Å²) in [4.78, 5) is 24.1. The van der Waals surface area contributed by atoms with Gasteiger partial charge in [0.05, 0.1) is 16.8 Å². The molecule has 8 heteroatoms. The molecule has 0 aliphatic heterocycles. The Bertz CT molecular complexity index is 1160. The second-order valence-corrected chi connectivity index (χ2v) is 7.75. The average molecular weight is 471 g/mol. The van der Waals surface area contributed by atoms with Gasteiger partial charge in [-0.25, -0.2) is 10.2 Å². The highest BCUT2D eigenvalue weighted by atomic mass is 35.5. The lowest BCUT2D eigenvalue weighted by Gasteiger charge is -2.07. The first kappa shape index (κ1) is 23.3. The molecule has 0 radical (unpaired) electrons. The van der Waals surface area contributed by atoms with Gasteiger partial charge in [-0.2, -0.15) is 5.10 Å². The Hall–Kier alpha value is -3.35. The Morgan fingerprint density at radius 1 is 0.938 bits per heavy atom. The summed E-state index contributed by atoms with van der Waals surface area (Å²) in [5, 5.41) is 4.54. The van der Waals surface area contributed by atoms with E-state index in [0.717, 1.165) is 11.1 Å². The summed E-state index contributed by atoms with van der Waals surface area (Å²) in [6.45, 7) is 3.83. The third-order valence-electron chi connectivity index (χ3n) is 4.49. The summed E-state index contributed by atoms with van der Waals surface area (Å²) in [7, 11) is 0. The second-order valence-electron chi connectivity index (χ2n) is 6.91. The van der Waals surface area contributed by atoms with Crippen molar-refractivity contribution in [2.75, 3.05) is 6.61 Å². The fourth-order valence-corrected chi connectivity index (χ4v) is 3.09. The monoisotopic (exact) mass is 470 g/mol. The summed E-state index contributed by atoms with van der Waals surface area (Å²) in [6.07, 6.45) is 1.47. The lowest BCUT2D eigenvalue weighted by molar-refractivity contribution is -0.123. The van der Waals surface area contributed by atoms with Crippen LogP contribution in [0.5, 0.6) is 11.5 Å². The summed E-state index contributed by atoms with van der Waals surface area (Å²) >= 11 is 11.9. The summed E-state index contributed by atoms with van der Waals surface area (Å²) in [5.74, 6) is -0.0183. The van der Waals surface area contributed by atoms with E-state index in [1.165, 1.54) is 18.3 Å². The number of nitrogens with one attached hydrogen (secondary N) is 1. The van der Waals surface area contributed by atoms with Crippen molar-refractivity contribution in [2.24, 2.45) is 5.10 Å². The van der Waals surface area contributed by atoms with Crippen molar-refractivity contribution >= 4 is 41.3 Å². The molecule has 0 aromatic heterocycles. The smallest absolute Gasteiger partial charge is 0.345 e. The van der Waals surface area contributed by atoms with Gasteiger partial charge in [-0.15, -0.1) is 0 Å². The molecular weight excluding hydrogens is 451 g/mol. The molecule has 6 nitrogen and oxygen atoms in total. The number of carbonyl (C=O) groups is 2. The molecule has 0 bridgehead atoms. The fourth-order valence-electron chi connectivity index (χ4n) is 2.60. The Kier molecular flexibility index (Phi) is 7.87. The number of ether oxygens (including phenoxy) is 2. The SMILES string of the molecule is Cc1ccc(OCC(=O)NN=Cc2ccc(OC(=O)c3ccc(Cl)cc3Cl)cc2)cc1C. The number of rotatable bonds is 7. The Morgan fingerprint density at radius 3 is 2.34 bits per heavy atom. The van der Waals surface area contributed by atoms with E-state index >= 15 is 0 Å². The van der Waals surface area contributed by atoms with Crippen molar-refractivity contribution in [3.05, 3.63) is 93.0 Å². The van der Waals surface area contributed by atoms with Crippen LogP contribution in [0.25, 0.3) is 0 Å². The third-order valence-corrected chi connectivity index (χ3v) is 5.04. The molecule has 1 amide bonds. The first-order chi connectivity index (χ1) is 15.3. The normalized spacial score (nSPS) is 10.8. The van der Waals surface area contributed by atoms with Crippen LogP contribution in [-0.2, 0) is 4.79 Å². The van der Waals surface area contributed by atoms with Gasteiger partial charge in [0.2, 0.25) is 0 Å². The summed E-state index contributed by atoms with van der Waals surface area (Å²) in [6, 6.07) is 16.7. The number of hydrogen-bond donors (Lipinski definition) is 1. The molecule has 0 spiro atoms. The molecule has 0 atom stereocenters. The maximum absolute atomic E-state index is 12.2. The molecule has 164 valence electrons. The number of hydrazone groups is 1. The lowest BCUT2D eigenvalue weighted by Crippen LogP contribution is -2.24. The highest BCUT2D eigenvalue weighted by molar-refractivity contribution is 6.36. The highest BCUT2D eigenvalue weighted by Gasteiger charge is 2.13. The molecule has 0 fully saturated rings. The molecular formula is C24H20Cl2N2O4.